The largest absolute Gasteiger partial charge is 0.465 e. The van der Waals surface area contributed by atoms with Crippen LogP contribution in [0.2, 0.25) is 0 Å². The van der Waals surface area contributed by atoms with E-state index in [-0.39, 0.29) is 30.0 Å². The fraction of sp³-hybridized carbons (Fsp3) is 0.429. The van der Waals surface area contributed by atoms with Crippen LogP contribution < -0.4 is 10.6 Å². The van der Waals surface area contributed by atoms with Gasteiger partial charge in [0.2, 0.25) is 0 Å². The predicted molar refractivity (Wildman–Crippen MR) is 122 cm³/mol. The molecule has 1 atom stereocenters. The highest BCUT2D eigenvalue weighted by Gasteiger charge is 2.15. The highest BCUT2D eigenvalue weighted by Crippen LogP contribution is 2.16. The number of nitrogens with zero attached hydrogens (tertiary/aromatic N) is 1. The first kappa shape index (κ1) is 24.0. The zero-order chi connectivity index (χ0) is 19.6. The Hall–Kier alpha value is -2.03. The quantitative estimate of drug-likeness (QED) is 0.248. The van der Waals surface area contributed by atoms with E-state index < -0.39 is 5.97 Å². The molecule has 2 aromatic rings. The van der Waals surface area contributed by atoms with E-state index in [9.17, 15) is 4.79 Å². The average Bonchev–Trinajstić information content (AvgIpc) is 3.05. The molecule has 6 nitrogen and oxygen atoms in total. The highest BCUT2D eigenvalue weighted by molar-refractivity contribution is 14.0. The molecule has 2 rings (SSSR count). The van der Waals surface area contributed by atoms with Gasteiger partial charge in [-0.2, -0.15) is 0 Å². The Bertz CT molecular complexity index is 760. The highest BCUT2D eigenvalue weighted by atomic mass is 127. The van der Waals surface area contributed by atoms with Gasteiger partial charge in [0.15, 0.2) is 5.96 Å². The summed E-state index contributed by atoms with van der Waals surface area (Å²) in [5, 5.41) is 6.66. The third kappa shape index (κ3) is 7.53. The van der Waals surface area contributed by atoms with E-state index in [1.807, 2.05) is 13.0 Å². The molecule has 0 aliphatic carbocycles. The summed E-state index contributed by atoms with van der Waals surface area (Å²) in [6, 6.07) is 12.4. The van der Waals surface area contributed by atoms with Crippen molar-refractivity contribution in [3.05, 3.63) is 59.0 Å². The van der Waals surface area contributed by atoms with Gasteiger partial charge in [-0.1, -0.05) is 30.3 Å². The molecule has 28 heavy (non-hydrogen) atoms. The van der Waals surface area contributed by atoms with Crippen molar-refractivity contribution in [3.8, 4) is 0 Å². The molecule has 1 heterocycles. The lowest BCUT2D eigenvalue weighted by molar-refractivity contribution is 0.0599. The number of hydrogen-bond acceptors (Lipinski definition) is 4. The average molecular weight is 499 g/mol. The van der Waals surface area contributed by atoms with E-state index in [2.05, 4.69) is 46.8 Å². The van der Waals surface area contributed by atoms with Gasteiger partial charge in [0, 0.05) is 12.6 Å². The molecule has 0 saturated carbocycles. The van der Waals surface area contributed by atoms with E-state index in [0.717, 1.165) is 25.3 Å². The number of ether oxygens (including phenoxy) is 1. The van der Waals surface area contributed by atoms with Crippen molar-refractivity contribution in [2.75, 3.05) is 13.7 Å². The van der Waals surface area contributed by atoms with Crippen LogP contribution in [0.1, 0.15) is 47.7 Å². The Balaban J connectivity index is 0.00000392. The number of furan rings is 1. The molecule has 1 aromatic heterocycles. The first-order valence-electron chi connectivity index (χ1n) is 9.29. The monoisotopic (exact) mass is 499 g/mol. The van der Waals surface area contributed by atoms with Gasteiger partial charge in [0.05, 0.1) is 7.11 Å². The van der Waals surface area contributed by atoms with Gasteiger partial charge in [0.1, 0.15) is 23.6 Å². The molecule has 0 fully saturated rings. The minimum Gasteiger partial charge on any atom is -0.465 e. The van der Waals surface area contributed by atoms with Crippen molar-refractivity contribution in [2.24, 2.45) is 4.99 Å². The van der Waals surface area contributed by atoms with Gasteiger partial charge < -0.3 is 19.8 Å². The van der Waals surface area contributed by atoms with Crippen LogP contribution in [0.5, 0.6) is 0 Å². The van der Waals surface area contributed by atoms with E-state index in [0.29, 0.717) is 23.6 Å². The molecule has 1 unspecified atom stereocenters. The van der Waals surface area contributed by atoms with Crippen molar-refractivity contribution in [3.63, 3.8) is 0 Å². The SMILES string of the molecule is CCNC(=NCc1cc(C(=O)OC)c(C)o1)NC(C)CCc1ccccc1.I. The van der Waals surface area contributed by atoms with Crippen LogP contribution in [0, 0.1) is 6.92 Å². The number of guanidine groups is 1. The number of rotatable bonds is 8. The second-order valence-corrected chi connectivity index (χ2v) is 6.44. The molecule has 154 valence electrons. The molecule has 1 aromatic carbocycles. The standard InChI is InChI=1S/C21H29N3O3.HI/c1-5-22-21(24-15(2)11-12-17-9-7-6-8-10-17)23-14-18-13-19(16(3)27-18)20(25)26-4;/h6-10,13,15H,5,11-12,14H2,1-4H3,(H2,22,23,24);1H. The van der Waals surface area contributed by atoms with Gasteiger partial charge in [-0.3, -0.25) is 0 Å². The number of halogens is 1. The maximum atomic E-state index is 11.7. The number of methoxy groups -OCH3 is 1. The lowest BCUT2D eigenvalue weighted by atomic mass is 10.1. The second-order valence-electron chi connectivity index (χ2n) is 6.44. The summed E-state index contributed by atoms with van der Waals surface area (Å²) in [4.78, 5) is 16.2. The molecule has 0 aliphatic heterocycles. The summed E-state index contributed by atoms with van der Waals surface area (Å²) < 4.78 is 10.4. The fourth-order valence-electron chi connectivity index (χ4n) is 2.74. The van der Waals surface area contributed by atoms with Crippen molar-refractivity contribution < 1.29 is 13.9 Å². The van der Waals surface area contributed by atoms with Crippen LogP contribution in [0.25, 0.3) is 0 Å². The van der Waals surface area contributed by atoms with Crippen molar-refractivity contribution >= 4 is 35.9 Å². The Morgan fingerprint density at radius 3 is 2.64 bits per heavy atom. The first-order chi connectivity index (χ1) is 13.0. The van der Waals surface area contributed by atoms with Crippen LogP contribution in [-0.4, -0.2) is 31.6 Å². The van der Waals surface area contributed by atoms with Crippen molar-refractivity contribution in [2.45, 2.75) is 46.2 Å². The number of hydrogen-bond donors (Lipinski definition) is 2. The third-order valence-corrected chi connectivity index (χ3v) is 4.20. The van der Waals surface area contributed by atoms with Gasteiger partial charge in [-0.05, 0) is 45.2 Å². The molecule has 0 amide bonds. The molecule has 0 radical (unpaired) electrons. The van der Waals surface area contributed by atoms with Gasteiger partial charge in [0.25, 0.3) is 0 Å². The van der Waals surface area contributed by atoms with E-state index in [1.54, 1.807) is 13.0 Å². The Morgan fingerprint density at radius 1 is 1.29 bits per heavy atom. The summed E-state index contributed by atoms with van der Waals surface area (Å²) >= 11 is 0. The van der Waals surface area contributed by atoms with Gasteiger partial charge in [-0.25, -0.2) is 9.79 Å². The lowest BCUT2D eigenvalue weighted by Crippen LogP contribution is -2.42. The topological polar surface area (TPSA) is 75.9 Å². The molecule has 0 spiro atoms. The summed E-state index contributed by atoms with van der Waals surface area (Å²) in [6.45, 7) is 7.02. The van der Waals surface area contributed by atoms with Crippen molar-refractivity contribution in [1.82, 2.24) is 10.6 Å². The van der Waals surface area contributed by atoms with Crippen LogP contribution in [-0.2, 0) is 17.7 Å². The van der Waals surface area contributed by atoms with Crippen LogP contribution in [0.3, 0.4) is 0 Å². The number of benzene rings is 1. The Labute approximate surface area is 184 Å². The molecule has 0 bridgehead atoms. The normalized spacial score (nSPS) is 12.1. The number of carbonyl (C=O) groups is 1. The summed E-state index contributed by atoms with van der Waals surface area (Å²) in [5.41, 5.74) is 1.77. The maximum Gasteiger partial charge on any atom is 0.341 e. The molecule has 2 N–H and O–H groups in total. The van der Waals surface area contributed by atoms with E-state index in [4.69, 9.17) is 9.15 Å². The van der Waals surface area contributed by atoms with Crippen LogP contribution >= 0.6 is 24.0 Å². The number of nitrogens with one attached hydrogen (secondary N) is 2. The van der Waals surface area contributed by atoms with Crippen LogP contribution in [0.4, 0.5) is 0 Å². The van der Waals surface area contributed by atoms with Gasteiger partial charge >= 0.3 is 5.97 Å². The molecule has 0 aliphatic rings. The Morgan fingerprint density at radius 2 is 2.00 bits per heavy atom. The second kappa shape index (κ2) is 12.4. The minimum absolute atomic E-state index is 0. The Kier molecular flexibility index (Phi) is 10.7. The lowest BCUT2D eigenvalue weighted by Gasteiger charge is -2.17. The van der Waals surface area contributed by atoms with E-state index >= 15 is 0 Å². The molecular formula is C21H30IN3O3. The fourth-order valence-corrected chi connectivity index (χ4v) is 2.74. The number of aliphatic imine (C=N–C) groups is 1. The molecule has 7 heteroatoms. The predicted octanol–water partition coefficient (Wildman–Crippen LogP) is 4.07. The minimum atomic E-state index is -0.397. The molecule has 0 saturated heterocycles. The summed E-state index contributed by atoms with van der Waals surface area (Å²) in [5.74, 6) is 1.50. The third-order valence-electron chi connectivity index (χ3n) is 4.20. The summed E-state index contributed by atoms with van der Waals surface area (Å²) in [7, 11) is 1.36. The first-order valence-corrected chi connectivity index (χ1v) is 9.29. The number of carbonyl (C=O) groups excluding carboxylic acids is 1. The van der Waals surface area contributed by atoms with Crippen LogP contribution in [0.15, 0.2) is 45.8 Å². The summed E-state index contributed by atoms with van der Waals surface area (Å²) in [6.07, 6.45) is 2.01. The van der Waals surface area contributed by atoms with Crippen molar-refractivity contribution in [1.29, 1.82) is 0 Å². The maximum absolute atomic E-state index is 11.7. The molecular weight excluding hydrogens is 469 g/mol. The number of aryl methyl sites for hydroxylation is 2. The number of esters is 1. The zero-order valence-corrected chi connectivity index (χ0v) is 19.3. The smallest absolute Gasteiger partial charge is 0.341 e. The van der Waals surface area contributed by atoms with Gasteiger partial charge in [-0.15, -0.1) is 24.0 Å². The zero-order valence-electron chi connectivity index (χ0n) is 17.0. The van der Waals surface area contributed by atoms with E-state index in [1.165, 1.54) is 12.7 Å².